The molecule has 0 aromatic heterocycles. The summed E-state index contributed by atoms with van der Waals surface area (Å²) in [5.74, 6) is -1.25. The number of hydrogen-bond acceptors (Lipinski definition) is 4. The zero-order valence-corrected chi connectivity index (χ0v) is 8.94. The molecule has 4 bridgehead atoms. The van der Waals surface area contributed by atoms with Crippen molar-refractivity contribution in [2.24, 2.45) is 0 Å². The second kappa shape index (κ2) is 2.32. The van der Waals surface area contributed by atoms with Crippen molar-refractivity contribution in [3.63, 3.8) is 0 Å². The Kier molecular flexibility index (Phi) is 1.51. The molecule has 3 aliphatic rings. The SMILES string of the molecule is C[C@@H]1O[C@]2(C)O[C@H]1[C@]1(C)O[C@H](C)[C@@H]2O1. The van der Waals surface area contributed by atoms with E-state index >= 15 is 0 Å². The minimum Gasteiger partial charge on any atom is -0.342 e. The predicted octanol–water partition coefficient (Wildman–Crippen LogP) is 1.04. The number of fused-ring (bicyclic) bond motifs is 6. The van der Waals surface area contributed by atoms with Gasteiger partial charge < -0.3 is 18.9 Å². The summed E-state index contributed by atoms with van der Waals surface area (Å²) in [6.07, 6.45) is -0.174. The molecule has 14 heavy (non-hydrogen) atoms. The molecule has 0 amide bonds. The molecule has 3 saturated heterocycles. The Balaban J connectivity index is 2.04. The van der Waals surface area contributed by atoms with Crippen LogP contribution in [0.4, 0.5) is 0 Å². The third-order valence-electron chi connectivity index (χ3n) is 3.45. The van der Waals surface area contributed by atoms with E-state index in [1.807, 2.05) is 27.7 Å². The van der Waals surface area contributed by atoms with Crippen LogP contribution in [-0.2, 0) is 18.9 Å². The predicted molar refractivity (Wildman–Crippen MR) is 47.7 cm³/mol. The van der Waals surface area contributed by atoms with Crippen LogP contribution in [0.25, 0.3) is 0 Å². The van der Waals surface area contributed by atoms with Gasteiger partial charge in [0, 0.05) is 0 Å². The van der Waals surface area contributed by atoms with Crippen molar-refractivity contribution in [3.05, 3.63) is 0 Å². The fraction of sp³-hybridized carbons (Fsp3) is 1.00. The second-order valence-corrected chi connectivity index (χ2v) is 4.75. The van der Waals surface area contributed by atoms with E-state index in [1.165, 1.54) is 0 Å². The molecular formula is C10H16O4. The first-order chi connectivity index (χ1) is 6.45. The van der Waals surface area contributed by atoms with Gasteiger partial charge in [0.05, 0.1) is 12.2 Å². The van der Waals surface area contributed by atoms with Crippen molar-refractivity contribution in [3.8, 4) is 0 Å². The summed E-state index contributed by atoms with van der Waals surface area (Å²) < 4.78 is 23.4. The third-order valence-corrected chi connectivity index (χ3v) is 3.45. The van der Waals surface area contributed by atoms with Gasteiger partial charge >= 0.3 is 0 Å². The first-order valence-electron chi connectivity index (χ1n) is 5.16. The van der Waals surface area contributed by atoms with E-state index in [9.17, 15) is 0 Å². The summed E-state index contributed by atoms with van der Waals surface area (Å²) in [6, 6.07) is 0. The molecular weight excluding hydrogens is 184 g/mol. The molecule has 0 aromatic rings. The molecule has 0 aliphatic carbocycles. The van der Waals surface area contributed by atoms with Crippen LogP contribution < -0.4 is 0 Å². The van der Waals surface area contributed by atoms with Crippen LogP contribution in [0.3, 0.4) is 0 Å². The van der Waals surface area contributed by atoms with Gasteiger partial charge in [-0.25, -0.2) is 0 Å². The molecule has 0 radical (unpaired) electrons. The van der Waals surface area contributed by atoms with Gasteiger partial charge in [-0.15, -0.1) is 0 Å². The maximum absolute atomic E-state index is 5.89. The Morgan fingerprint density at radius 2 is 1.07 bits per heavy atom. The molecule has 0 spiro atoms. The molecule has 0 unspecified atom stereocenters. The van der Waals surface area contributed by atoms with E-state index in [0.29, 0.717) is 0 Å². The summed E-state index contributed by atoms with van der Waals surface area (Å²) in [7, 11) is 0. The Morgan fingerprint density at radius 1 is 0.714 bits per heavy atom. The van der Waals surface area contributed by atoms with Crippen LogP contribution in [0.2, 0.25) is 0 Å². The van der Waals surface area contributed by atoms with Crippen LogP contribution >= 0.6 is 0 Å². The molecule has 3 heterocycles. The van der Waals surface area contributed by atoms with Crippen molar-refractivity contribution in [2.75, 3.05) is 0 Å². The number of hydrogen-bond donors (Lipinski definition) is 0. The maximum Gasteiger partial charge on any atom is 0.195 e. The van der Waals surface area contributed by atoms with E-state index < -0.39 is 11.6 Å². The Hall–Kier alpha value is -0.160. The maximum atomic E-state index is 5.89. The minimum absolute atomic E-state index is 0.0301. The second-order valence-electron chi connectivity index (χ2n) is 4.75. The van der Waals surface area contributed by atoms with Crippen molar-refractivity contribution in [2.45, 2.75) is 63.7 Å². The highest BCUT2D eigenvalue weighted by atomic mass is 16.9. The topological polar surface area (TPSA) is 36.9 Å². The van der Waals surface area contributed by atoms with Gasteiger partial charge in [-0.05, 0) is 27.7 Å². The minimum atomic E-state index is -0.625. The van der Waals surface area contributed by atoms with E-state index in [-0.39, 0.29) is 24.4 Å². The Morgan fingerprint density at radius 3 is 1.43 bits per heavy atom. The van der Waals surface area contributed by atoms with Gasteiger partial charge in [-0.1, -0.05) is 0 Å². The Labute approximate surface area is 83.5 Å². The van der Waals surface area contributed by atoms with Crippen LogP contribution in [0, 0.1) is 0 Å². The number of rotatable bonds is 0. The Bertz CT molecular complexity index is 253. The highest BCUT2D eigenvalue weighted by Crippen LogP contribution is 2.51. The van der Waals surface area contributed by atoms with Crippen molar-refractivity contribution < 1.29 is 18.9 Å². The molecule has 3 rings (SSSR count). The summed E-state index contributed by atoms with van der Waals surface area (Å²) >= 11 is 0. The molecule has 80 valence electrons. The molecule has 0 aromatic carbocycles. The lowest BCUT2D eigenvalue weighted by Crippen LogP contribution is -2.53. The molecule has 0 N–H and O–H groups in total. The normalized spacial score (nSPS) is 66.0. The van der Waals surface area contributed by atoms with E-state index in [4.69, 9.17) is 18.9 Å². The molecule has 0 saturated carbocycles. The van der Waals surface area contributed by atoms with Crippen LogP contribution in [0.1, 0.15) is 27.7 Å². The summed E-state index contributed by atoms with van der Waals surface area (Å²) in [5, 5.41) is 0. The van der Waals surface area contributed by atoms with Gasteiger partial charge in [0.1, 0.15) is 12.2 Å². The highest BCUT2D eigenvalue weighted by Gasteiger charge is 2.68. The van der Waals surface area contributed by atoms with E-state index in [1.54, 1.807) is 0 Å². The van der Waals surface area contributed by atoms with Gasteiger partial charge in [-0.3, -0.25) is 0 Å². The summed E-state index contributed by atoms with van der Waals surface area (Å²) in [4.78, 5) is 0. The van der Waals surface area contributed by atoms with Gasteiger partial charge in [-0.2, -0.15) is 0 Å². The lowest BCUT2D eigenvalue weighted by molar-refractivity contribution is -0.313. The summed E-state index contributed by atoms with van der Waals surface area (Å²) in [5.41, 5.74) is 0. The van der Waals surface area contributed by atoms with Gasteiger partial charge in [0.25, 0.3) is 0 Å². The lowest BCUT2D eigenvalue weighted by atomic mass is 10.1. The highest BCUT2D eigenvalue weighted by molar-refractivity contribution is 5.04. The van der Waals surface area contributed by atoms with Crippen LogP contribution in [0.15, 0.2) is 0 Å². The zero-order valence-electron chi connectivity index (χ0n) is 8.94. The zero-order chi connectivity index (χ0) is 10.1. The molecule has 4 heteroatoms. The fourth-order valence-corrected chi connectivity index (χ4v) is 2.95. The first-order valence-corrected chi connectivity index (χ1v) is 5.16. The van der Waals surface area contributed by atoms with Crippen LogP contribution in [-0.4, -0.2) is 36.0 Å². The van der Waals surface area contributed by atoms with Gasteiger partial charge in [0.15, 0.2) is 11.6 Å². The third kappa shape index (κ3) is 0.877. The molecule has 3 fully saturated rings. The van der Waals surface area contributed by atoms with Crippen molar-refractivity contribution in [1.82, 2.24) is 0 Å². The average Bonchev–Trinajstić information content (AvgIpc) is 2.49. The average molecular weight is 200 g/mol. The van der Waals surface area contributed by atoms with E-state index in [2.05, 4.69) is 0 Å². The molecule has 3 aliphatic heterocycles. The largest absolute Gasteiger partial charge is 0.342 e. The fourth-order valence-electron chi connectivity index (χ4n) is 2.95. The van der Waals surface area contributed by atoms with Gasteiger partial charge in [0.2, 0.25) is 0 Å². The molecule has 6 atom stereocenters. The quantitative estimate of drug-likeness (QED) is 0.585. The van der Waals surface area contributed by atoms with Crippen molar-refractivity contribution >= 4 is 0 Å². The van der Waals surface area contributed by atoms with Crippen LogP contribution in [0.5, 0.6) is 0 Å². The van der Waals surface area contributed by atoms with Crippen molar-refractivity contribution in [1.29, 1.82) is 0 Å². The number of ether oxygens (including phenoxy) is 4. The standard InChI is InChI=1S/C10H16O4/c1-5-7-9(3)12-6(2)8(14-9)10(4,11-5)13-7/h5-8H,1-4H3/t5-,6+,7+,8-,9-,10-/m1/s1. The lowest BCUT2D eigenvalue weighted by Gasteiger charge is -2.37. The smallest absolute Gasteiger partial charge is 0.195 e. The summed E-state index contributed by atoms with van der Waals surface area (Å²) in [6.45, 7) is 7.86. The molecule has 4 nitrogen and oxygen atoms in total. The first kappa shape index (κ1) is 9.09. The van der Waals surface area contributed by atoms with E-state index in [0.717, 1.165) is 0 Å². The monoisotopic (exact) mass is 200 g/mol.